The highest BCUT2D eigenvalue weighted by Crippen LogP contribution is 2.20. The van der Waals surface area contributed by atoms with Crippen LogP contribution in [-0.4, -0.2) is 46.8 Å². The van der Waals surface area contributed by atoms with Crippen molar-refractivity contribution in [1.82, 2.24) is 20.1 Å². The number of benzene rings is 1. The molecule has 3 aromatic rings. The standard InChI is InChI=1S/C20H22FN5O2/c1-26(20(27)23-17-6-3-11-22-19(17)28-2)12-4-5-16-13-18(25-24-16)14-7-9-15(21)10-8-14/h3,6-11,13H,4-5,12H2,1-2H3,(H,23,27)(H,24,25). The molecule has 0 saturated carbocycles. The normalized spacial score (nSPS) is 10.5. The Bertz CT molecular complexity index is 926. The number of rotatable bonds is 7. The van der Waals surface area contributed by atoms with Crippen molar-refractivity contribution in [2.24, 2.45) is 0 Å². The first-order valence-corrected chi connectivity index (χ1v) is 8.88. The Morgan fingerprint density at radius 1 is 1.29 bits per heavy atom. The largest absolute Gasteiger partial charge is 0.480 e. The number of hydrogen-bond acceptors (Lipinski definition) is 4. The minimum atomic E-state index is -0.273. The summed E-state index contributed by atoms with van der Waals surface area (Å²) < 4.78 is 18.2. The van der Waals surface area contributed by atoms with Crippen molar-refractivity contribution in [3.8, 4) is 17.1 Å². The van der Waals surface area contributed by atoms with Crippen LogP contribution in [0.25, 0.3) is 11.3 Å². The summed E-state index contributed by atoms with van der Waals surface area (Å²) in [7, 11) is 3.24. The molecule has 2 amide bonds. The number of ether oxygens (including phenoxy) is 1. The van der Waals surface area contributed by atoms with Gasteiger partial charge in [-0.05, 0) is 55.3 Å². The van der Waals surface area contributed by atoms with Crippen LogP contribution in [0.5, 0.6) is 5.88 Å². The molecule has 1 aromatic carbocycles. The van der Waals surface area contributed by atoms with E-state index in [2.05, 4.69) is 20.5 Å². The molecule has 8 heteroatoms. The number of amides is 2. The number of nitrogens with one attached hydrogen (secondary N) is 2. The van der Waals surface area contributed by atoms with E-state index < -0.39 is 0 Å². The maximum atomic E-state index is 13.0. The van der Waals surface area contributed by atoms with Gasteiger partial charge in [-0.25, -0.2) is 14.2 Å². The number of urea groups is 1. The summed E-state index contributed by atoms with van der Waals surface area (Å²) in [5.74, 6) is 0.0970. The molecule has 2 heterocycles. The van der Waals surface area contributed by atoms with Gasteiger partial charge >= 0.3 is 6.03 Å². The summed E-state index contributed by atoms with van der Waals surface area (Å²) in [5, 5.41) is 10.0. The number of carbonyl (C=O) groups excluding carboxylic acids is 1. The highest BCUT2D eigenvalue weighted by molar-refractivity contribution is 5.90. The van der Waals surface area contributed by atoms with Crippen LogP contribution >= 0.6 is 0 Å². The molecule has 0 saturated heterocycles. The Balaban J connectivity index is 1.49. The van der Waals surface area contributed by atoms with E-state index in [0.717, 1.165) is 29.8 Å². The molecule has 2 aromatic heterocycles. The maximum absolute atomic E-state index is 13.0. The second kappa shape index (κ2) is 8.98. The van der Waals surface area contributed by atoms with Gasteiger partial charge in [0, 0.05) is 31.0 Å². The van der Waals surface area contributed by atoms with Crippen LogP contribution in [0.3, 0.4) is 0 Å². The first kappa shape index (κ1) is 19.3. The smallest absolute Gasteiger partial charge is 0.321 e. The highest BCUT2D eigenvalue weighted by Gasteiger charge is 2.12. The van der Waals surface area contributed by atoms with Gasteiger partial charge in [-0.15, -0.1) is 0 Å². The van der Waals surface area contributed by atoms with E-state index in [1.165, 1.54) is 19.2 Å². The number of hydrogen-bond donors (Lipinski definition) is 2. The number of aromatic amines is 1. The SMILES string of the molecule is COc1ncccc1NC(=O)N(C)CCCc1cc(-c2ccc(F)cc2)n[nH]1. The van der Waals surface area contributed by atoms with E-state index in [4.69, 9.17) is 4.74 Å². The van der Waals surface area contributed by atoms with Gasteiger partial charge in [0.25, 0.3) is 0 Å². The summed E-state index contributed by atoms with van der Waals surface area (Å²) in [6, 6.07) is 11.4. The van der Waals surface area contributed by atoms with Crippen LogP contribution in [0, 0.1) is 5.82 Å². The van der Waals surface area contributed by atoms with Gasteiger partial charge in [-0.1, -0.05) is 0 Å². The predicted molar refractivity (Wildman–Crippen MR) is 105 cm³/mol. The van der Waals surface area contributed by atoms with Crippen molar-refractivity contribution in [2.45, 2.75) is 12.8 Å². The molecule has 146 valence electrons. The highest BCUT2D eigenvalue weighted by atomic mass is 19.1. The van der Waals surface area contributed by atoms with Gasteiger partial charge in [0.15, 0.2) is 0 Å². The summed E-state index contributed by atoms with van der Waals surface area (Å²) in [6.07, 6.45) is 3.10. The number of aromatic nitrogens is 3. The number of nitrogens with zero attached hydrogens (tertiary/aromatic N) is 3. The van der Waals surface area contributed by atoms with Crippen molar-refractivity contribution in [2.75, 3.05) is 26.0 Å². The lowest BCUT2D eigenvalue weighted by molar-refractivity contribution is 0.222. The Kier molecular flexibility index (Phi) is 6.21. The molecule has 28 heavy (non-hydrogen) atoms. The average molecular weight is 383 g/mol. The zero-order valence-corrected chi connectivity index (χ0v) is 15.8. The molecule has 0 radical (unpaired) electrons. The fourth-order valence-electron chi connectivity index (χ4n) is 2.73. The second-order valence-corrected chi connectivity index (χ2v) is 6.30. The third-order valence-electron chi connectivity index (χ3n) is 4.26. The lowest BCUT2D eigenvalue weighted by Crippen LogP contribution is -2.32. The van der Waals surface area contributed by atoms with Crippen molar-refractivity contribution in [3.05, 3.63) is 60.2 Å². The molecule has 0 spiro atoms. The second-order valence-electron chi connectivity index (χ2n) is 6.30. The Labute approximate surface area is 162 Å². The molecule has 0 bridgehead atoms. The number of H-pyrrole nitrogens is 1. The topological polar surface area (TPSA) is 83.1 Å². The number of pyridine rings is 1. The van der Waals surface area contributed by atoms with Gasteiger partial charge in [0.05, 0.1) is 12.8 Å². The van der Waals surface area contributed by atoms with Crippen molar-refractivity contribution in [3.63, 3.8) is 0 Å². The number of anilines is 1. The zero-order chi connectivity index (χ0) is 19.9. The van der Waals surface area contributed by atoms with Crippen LogP contribution in [0.1, 0.15) is 12.1 Å². The molecule has 0 atom stereocenters. The van der Waals surface area contributed by atoms with Crippen LogP contribution in [0.4, 0.5) is 14.9 Å². The van der Waals surface area contributed by atoms with Crippen LogP contribution in [0.15, 0.2) is 48.7 Å². The monoisotopic (exact) mass is 383 g/mol. The van der Waals surface area contributed by atoms with Gasteiger partial charge in [0.2, 0.25) is 5.88 Å². The average Bonchev–Trinajstić information content (AvgIpc) is 3.17. The molecule has 7 nitrogen and oxygen atoms in total. The first-order valence-electron chi connectivity index (χ1n) is 8.88. The molecule has 0 aliphatic heterocycles. The molecule has 3 rings (SSSR count). The molecular weight excluding hydrogens is 361 g/mol. The minimum absolute atomic E-state index is 0.233. The van der Waals surface area contributed by atoms with E-state index in [9.17, 15) is 9.18 Å². The number of methoxy groups -OCH3 is 1. The van der Waals surface area contributed by atoms with Crippen LogP contribution < -0.4 is 10.1 Å². The van der Waals surface area contributed by atoms with Gasteiger partial charge in [-0.2, -0.15) is 5.10 Å². The van der Waals surface area contributed by atoms with E-state index in [-0.39, 0.29) is 11.8 Å². The van der Waals surface area contributed by atoms with Gasteiger partial charge in [-0.3, -0.25) is 5.10 Å². The summed E-state index contributed by atoms with van der Waals surface area (Å²) in [6.45, 7) is 0.569. The maximum Gasteiger partial charge on any atom is 0.321 e. The minimum Gasteiger partial charge on any atom is -0.480 e. The lowest BCUT2D eigenvalue weighted by Gasteiger charge is -2.18. The zero-order valence-electron chi connectivity index (χ0n) is 15.8. The molecule has 0 fully saturated rings. The van der Waals surface area contributed by atoms with Crippen molar-refractivity contribution >= 4 is 11.7 Å². The van der Waals surface area contributed by atoms with Crippen molar-refractivity contribution < 1.29 is 13.9 Å². The number of aryl methyl sites for hydroxylation is 1. The molecule has 2 N–H and O–H groups in total. The Morgan fingerprint density at radius 3 is 2.82 bits per heavy atom. The molecule has 0 aliphatic carbocycles. The molecular formula is C20H22FN5O2. The Morgan fingerprint density at radius 2 is 2.07 bits per heavy atom. The van der Waals surface area contributed by atoms with E-state index in [1.807, 2.05) is 6.07 Å². The molecule has 0 unspecified atom stereocenters. The Hall–Kier alpha value is -3.42. The third kappa shape index (κ3) is 4.85. The lowest BCUT2D eigenvalue weighted by atomic mass is 10.1. The number of carbonyl (C=O) groups is 1. The van der Waals surface area contributed by atoms with Gasteiger partial charge in [0.1, 0.15) is 11.5 Å². The summed E-state index contributed by atoms with van der Waals surface area (Å²) >= 11 is 0. The molecule has 0 aliphatic rings. The van der Waals surface area contributed by atoms with Crippen LogP contribution in [-0.2, 0) is 6.42 Å². The van der Waals surface area contributed by atoms with Crippen LogP contribution in [0.2, 0.25) is 0 Å². The third-order valence-corrected chi connectivity index (χ3v) is 4.26. The first-order chi connectivity index (χ1) is 13.6. The fraction of sp³-hybridized carbons (Fsp3) is 0.250. The number of halogens is 1. The van der Waals surface area contributed by atoms with Gasteiger partial charge < -0.3 is 15.0 Å². The predicted octanol–water partition coefficient (Wildman–Crippen LogP) is 3.72. The van der Waals surface area contributed by atoms with E-state index in [0.29, 0.717) is 18.1 Å². The van der Waals surface area contributed by atoms with Crippen molar-refractivity contribution in [1.29, 1.82) is 0 Å². The summed E-state index contributed by atoms with van der Waals surface area (Å²) in [4.78, 5) is 18.0. The quantitative estimate of drug-likeness (QED) is 0.651. The van der Waals surface area contributed by atoms with E-state index >= 15 is 0 Å². The fourth-order valence-corrected chi connectivity index (χ4v) is 2.73. The van der Waals surface area contributed by atoms with E-state index in [1.54, 1.807) is 42.4 Å². The summed E-state index contributed by atoms with van der Waals surface area (Å²) in [5.41, 5.74) is 3.11.